The number of pyridine rings is 1. The van der Waals surface area contributed by atoms with E-state index in [0.717, 1.165) is 5.41 Å². The first-order chi connectivity index (χ1) is 15.8. The lowest BCUT2D eigenvalue weighted by Gasteiger charge is -2.21. The molecule has 0 aliphatic heterocycles. The Kier molecular flexibility index (Phi) is 9.02. The van der Waals surface area contributed by atoms with Gasteiger partial charge in [-0.05, 0) is 18.2 Å². The second-order valence-corrected chi connectivity index (χ2v) is 8.53. The highest BCUT2D eigenvalue weighted by Crippen LogP contribution is 2.35. The molecule has 0 spiro atoms. The van der Waals surface area contributed by atoms with Crippen LogP contribution in [0, 0.1) is 24.7 Å². The van der Waals surface area contributed by atoms with Gasteiger partial charge in [0.05, 0.1) is 58.5 Å². The lowest BCUT2D eigenvalue weighted by Crippen LogP contribution is -2.26. The topological polar surface area (TPSA) is 87.2 Å². The van der Waals surface area contributed by atoms with Crippen molar-refractivity contribution >= 4 is 21.7 Å². The summed E-state index contributed by atoms with van der Waals surface area (Å²) in [6.07, 6.45) is 12.3. The number of sulfone groups is 1. The first kappa shape index (κ1) is 25.4. The zero-order chi connectivity index (χ0) is 24.4. The van der Waals surface area contributed by atoms with Crippen molar-refractivity contribution in [3.63, 3.8) is 0 Å². The van der Waals surface area contributed by atoms with Gasteiger partial charge in [-0.25, -0.2) is 13.4 Å². The lowest BCUT2D eigenvalue weighted by atomic mass is 10.1. The van der Waals surface area contributed by atoms with Crippen molar-refractivity contribution < 1.29 is 27.4 Å². The number of terminal acetylenes is 2. The summed E-state index contributed by atoms with van der Waals surface area (Å²) in [6.45, 7) is 0.390. The summed E-state index contributed by atoms with van der Waals surface area (Å²) in [6, 6.07) is 6.48. The molecule has 0 aliphatic rings. The zero-order valence-electron chi connectivity index (χ0n) is 19.0. The van der Waals surface area contributed by atoms with E-state index >= 15 is 0 Å². The highest BCUT2D eigenvalue weighted by molar-refractivity contribution is 7.93. The molecule has 0 aliphatic carbocycles. The third kappa shape index (κ3) is 6.58. The van der Waals surface area contributed by atoms with Crippen LogP contribution in [0.1, 0.15) is 11.3 Å². The largest absolute Gasteiger partial charge is 0.496 e. The van der Waals surface area contributed by atoms with Crippen LogP contribution in [0.4, 0.5) is 5.82 Å². The van der Waals surface area contributed by atoms with Gasteiger partial charge < -0.3 is 23.8 Å². The number of ether oxygens (including phenoxy) is 4. The maximum Gasteiger partial charge on any atom is 0.177 e. The second kappa shape index (κ2) is 11.7. The molecule has 1 aromatic carbocycles. The normalized spacial score (nSPS) is 10.8. The van der Waals surface area contributed by atoms with Crippen LogP contribution in [0.3, 0.4) is 0 Å². The smallest absolute Gasteiger partial charge is 0.177 e. The number of anilines is 1. The van der Waals surface area contributed by atoms with Gasteiger partial charge in [0, 0.05) is 17.5 Å². The van der Waals surface area contributed by atoms with Gasteiger partial charge >= 0.3 is 0 Å². The first-order valence-electron chi connectivity index (χ1n) is 9.69. The first-order valence-corrected chi connectivity index (χ1v) is 11.4. The van der Waals surface area contributed by atoms with Gasteiger partial charge in [0.1, 0.15) is 17.2 Å². The van der Waals surface area contributed by atoms with Crippen molar-refractivity contribution in [3.05, 3.63) is 40.9 Å². The van der Waals surface area contributed by atoms with Crippen molar-refractivity contribution in [1.82, 2.24) is 4.98 Å². The third-order valence-electron chi connectivity index (χ3n) is 4.52. The number of hydrogen-bond acceptors (Lipinski definition) is 8. The van der Waals surface area contributed by atoms with Crippen LogP contribution in [-0.4, -0.2) is 54.9 Å². The lowest BCUT2D eigenvalue weighted by molar-refractivity contribution is 0.374. The van der Waals surface area contributed by atoms with E-state index < -0.39 is 9.84 Å². The van der Waals surface area contributed by atoms with Gasteiger partial charge in [-0.3, -0.25) is 0 Å². The van der Waals surface area contributed by atoms with E-state index in [2.05, 4.69) is 16.8 Å². The maximum absolute atomic E-state index is 12.8. The van der Waals surface area contributed by atoms with E-state index in [9.17, 15) is 8.42 Å². The summed E-state index contributed by atoms with van der Waals surface area (Å²) < 4.78 is 46.9. The number of nitrogens with zero attached hydrogens (tertiary/aromatic N) is 2. The number of aromatic nitrogens is 1. The van der Waals surface area contributed by atoms with Crippen LogP contribution in [-0.2, 0) is 15.6 Å². The van der Waals surface area contributed by atoms with Crippen molar-refractivity contribution in [2.24, 2.45) is 0 Å². The number of rotatable bonds is 11. The van der Waals surface area contributed by atoms with Crippen LogP contribution in [0.5, 0.6) is 23.0 Å². The van der Waals surface area contributed by atoms with Gasteiger partial charge in [0.2, 0.25) is 0 Å². The molecule has 0 fully saturated rings. The third-order valence-corrected chi connectivity index (χ3v) is 5.77. The molecule has 33 heavy (non-hydrogen) atoms. The van der Waals surface area contributed by atoms with Gasteiger partial charge in [-0.1, -0.05) is 11.8 Å². The molecule has 2 aromatic rings. The monoisotopic (exact) mass is 470 g/mol. The minimum absolute atomic E-state index is 0.195. The molecule has 0 bridgehead atoms. The molecule has 0 atom stereocenters. The van der Waals surface area contributed by atoms with E-state index in [-0.39, 0.29) is 18.8 Å². The predicted molar refractivity (Wildman–Crippen MR) is 128 cm³/mol. The highest BCUT2D eigenvalue weighted by atomic mass is 32.2. The van der Waals surface area contributed by atoms with Gasteiger partial charge in [-0.2, -0.15) is 0 Å². The summed E-state index contributed by atoms with van der Waals surface area (Å²) >= 11 is 0. The SMILES string of the molecule is C#CCN(CC#C)c1nc(CS(=O)(=O)C=Cc2c(OC)cc(OC)cc2OC)ccc1OC. The molecule has 174 valence electrons. The fourth-order valence-corrected chi connectivity index (χ4v) is 4.00. The molecule has 0 N–H and O–H groups in total. The standard InChI is InChI=1S/C24H26N2O6S/c1-7-12-26(13-8-2)24-21(30-4)10-9-18(25-24)17-33(27,28)14-11-20-22(31-5)15-19(29-3)16-23(20)32-6/h1-2,9-11,14-16H,12-13,17H2,3-6H3. The Hall–Kier alpha value is -3.82. The average molecular weight is 471 g/mol. The van der Waals surface area contributed by atoms with E-state index in [1.165, 1.54) is 34.5 Å². The van der Waals surface area contributed by atoms with Crippen LogP contribution in [0.25, 0.3) is 6.08 Å². The molecule has 9 heteroatoms. The van der Waals surface area contributed by atoms with Crippen molar-refractivity contribution in [2.45, 2.75) is 5.75 Å². The predicted octanol–water partition coefficient (Wildman–Crippen LogP) is 2.77. The van der Waals surface area contributed by atoms with Crippen LogP contribution in [0.15, 0.2) is 29.7 Å². The van der Waals surface area contributed by atoms with Gasteiger partial charge in [0.15, 0.2) is 21.4 Å². The Labute approximate surface area is 195 Å². The van der Waals surface area contributed by atoms with Crippen molar-refractivity contribution in [3.8, 4) is 47.7 Å². The van der Waals surface area contributed by atoms with E-state index in [1.807, 2.05) is 0 Å². The van der Waals surface area contributed by atoms with Gasteiger partial charge in [0.25, 0.3) is 0 Å². The average Bonchev–Trinajstić information content (AvgIpc) is 2.81. The molecule has 2 rings (SSSR count). The number of benzene rings is 1. The minimum atomic E-state index is -3.71. The molecule has 0 unspecified atom stereocenters. The fourth-order valence-electron chi connectivity index (χ4n) is 2.99. The molecule has 0 amide bonds. The van der Waals surface area contributed by atoms with Crippen molar-refractivity contribution in [2.75, 3.05) is 46.4 Å². The number of methoxy groups -OCH3 is 4. The van der Waals surface area contributed by atoms with Crippen LogP contribution < -0.4 is 23.8 Å². The fraction of sp³-hybridized carbons (Fsp3) is 0.292. The van der Waals surface area contributed by atoms with Crippen molar-refractivity contribution in [1.29, 1.82) is 0 Å². The molecule has 1 heterocycles. The Morgan fingerprint density at radius 1 is 0.939 bits per heavy atom. The minimum Gasteiger partial charge on any atom is -0.496 e. The molecule has 0 saturated heterocycles. The van der Waals surface area contributed by atoms with Gasteiger partial charge in [-0.15, -0.1) is 12.8 Å². The maximum atomic E-state index is 12.8. The molecule has 1 aromatic heterocycles. The molecule has 0 radical (unpaired) electrons. The summed E-state index contributed by atoms with van der Waals surface area (Å²) in [7, 11) is 2.23. The summed E-state index contributed by atoms with van der Waals surface area (Å²) in [5.74, 6) is 6.81. The molecule has 0 saturated carbocycles. The Morgan fingerprint density at radius 3 is 2.00 bits per heavy atom. The summed E-state index contributed by atoms with van der Waals surface area (Å²) in [5, 5.41) is 1.09. The molecule has 8 nitrogen and oxygen atoms in total. The van der Waals surface area contributed by atoms with E-state index in [0.29, 0.717) is 40.1 Å². The van der Waals surface area contributed by atoms with E-state index in [1.54, 1.807) is 29.2 Å². The van der Waals surface area contributed by atoms with Crippen LogP contribution >= 0.6 is 0 Å². The number of hydrogen-bond donors (Lipinski definition) is 0. The van der Waals surface area contributed by atoms with Crippen LogP contribution in [0.2, 0.25) is 0 Å². The highest BCUT2D eigenvalue weighted by Gasteiger charge is 2.17. The zero-order valence-corrected chi connectivity index (χ0v) is 19.8. The summed E-state index contributed by atoms with van der Waals surface area (Å²) in [4.78, 5) is 6.09. The molecular weight excluding hydrogens is 444 g/mol. The Balaban J connectivity index is 2.39. The molecular formula is C24H26N2O6S. The second-order valence-electron chi connectivity index (χ2n) is 6.65. The van der Waals surface area contributed by atoms with E-state index in [4.69, 9.17) is 31.8 Å². The quantitative estimate of drug-likeness (QED) is 0.464. The Morgan fingerprint density at radius 2 is 1.52 bits per heavy atom. The summed E-state index contributed by atoms with van der Waals surface area (Å²) in [5.41, 5.74) is 0.769. The Bertz CT molecular complexity index is 1150.